The molecule has 1 nitrogen and oxygen atoms in total. The smallest absolute Gasteiger partial charge is 0.120 e. The summed E-state index contributed by atoms with van der Waals surface area (Å²) in [4.78, 5) is 0. The molecule has 8 rings (SSSR count). The maximum atomic E-state index is 5.87. The summed E-state index contributed by atoms with van der Waals surface area (Å²) in [5.74, 6) is 0.871. The Morgan fingerprint density at radius 3 is 1.19 bits per heavy atom. The van der Waals surface area contributed by atoms with Crippen molar-refractivity contribution in [1.29, 1.82) is 0 Å². The SMILES string of the molecule is COc1cc2c3c(cccc3c1)-c1c(-c3ccccc3)c(-c3ccccc3)c(-c3ccccc3)c(-c3ccccc3)c1-2. The number of rotatable bonds is 5. The highest BCUT2D eigenvalue weighted by molar-refractivity contribution is 6.26. The molecule has 0 aromatic heterocycles. The van der Waals surface area contributed by atoms with Gasteiger partial charge in [-0.15, -0.1) is 0 Å². The standard InChI is InChI=1S/C41H28O/c1-42-32-25-31-23-14-24-33-35(31)34(26-32)41-39(30-21-12-5-13-22-30)37(28-17-8-3-9-18-28)36(27-15-6-2-7-16-27)38(40(33)41)29-19-10-4-11-20-29/h2-26H,1H3. The second-order valence-corrected chi connectivity index (χ2v) is 10.8. The van der Waals surface area contributed by atoms with Gasteiger partial charge in [0.25, 0.3) is 0 Å². The first kappa shape index (κ1) is 24.4. The van der Waals surface area contributed by atoms with Crippen LogP contribution in [0.1, 0.15) is 0 Å². The van der Waals surface area contributed by atoms with Crippen LogP contribution in [0.4, 0.5) is 0 Å². The molecule has 0 aliphatic heterocycles. The number of hydrogen-bond donors (Lipinski definition) is 0. The van der Waals surface area contributed by atoms with Gasteiger partial charge in [0.05, 0.1) is 7.11 Å². The zero-order chi connectivity index (χ0) is 28.0. The molecular weight excluding hydrogens is 508 g/mol. The van der Waals surface area contributed by atoms with Gasteiger partial charge in [0.1, 0.15) is 5.75 Å². The van der Waals surface area contributed by atoms with E-state index in [-0.39, 0.29) is 0 Å². The molecule has 1 heteroatoms. The third-order valence-electron chi connectivity index (χ3n) is 8.47. The van der Waals surface area contributed by atoms with E-state index in [1.165, 1.54) is 77.5 Å². The van der Waals surface area contributed by atoms with Crippen molar-refractivity contribution < 1.29 is 4.74 Å². The number of hydrogen-bond acceptors (Lipinski definition) is 1. The second kappa shape index (κ2) is 9.90. The number of ether oxygens (including phenoxy) is 1. The predicted molar refractivity (Wildman–Crippen MR) is 177 cm³/mol. The number of methoxy groups -OCH3 is 1. The third-order valence-corrected chi connectivity index (χ3v) is 8.47. The predicted octanol–water partition coefficient (Wildman–Crippen LogP) is 11.2. The maximum Gasteiger partial charge on any atom is 0.120 e. The van der Waals surface area contributed by atoms with Crippen LogP contribution >= 0.6 is 0 Å². The van der Waals surface area contributed by atoms with Crippen molar-refractivity contribution in [3.8, 4) is 72.5 Å². The van der Waals surface area contributed by atoms with E-state index in [4.69, 9.17) is 4.74 Å². The van der Waals surface area contributed by atoms with Crippen molar-refractivity contribution in [2.45, 2.75) is 0 Å². The van der Waals surface area contributed by atoms with Crippen molar-refractivity contribution in [3.63, 3.8) is 0 Å². The summed E-state index contributed by atoms with van der Waals surface area (Å²) < 4.78 is 5.87. The Kier molecular flexibility index (Phi) is 5.75. The summed E-state index contributed by atoms with van der Waals surface area (Å²) in [5.41, 5.74) is 14.9. The lowest BCUT2D eigenvalue weighted by Gasteiger charge is -2.26. The maximum absolute atomic E-state index is 5.87. The molecule has 42 heavy (non-hydrogen) atoms. The fourth-order valence-electron chi connectivity index (χ4n) is 6.79. The first-order valence-electron chi connectivity index (χ1n) is 14.4. The average molecular weight is 537 g/mol. The van der Waals surface area contributed by atoms with Crippen LogP contribution in [0, 0.1) is 0 Å². The summed E-state index contributed by atoms with van der Waals surface area (Å²) in [7, 11) is 1.76. The summed E-state index contributed by atoms with van der Waals surface area (Å²) in [6, 6.07) is 54.6. The zero-order valence-electron chi connectivity index (χ0n) is 23.3. The minimum absolute atomic E-state index is 0.871. The van der Waals surface area contributed by atoms with Crippen molar-refractivity contribution in [2.75, 3.05) is 7.11 Å². The van der Waals surface area contributed by atoms with Gasteiger partial charge in [-0.05, 0) is 89.7 Å². The Bertz CT molecular complexity index is 2080. The zero-order valence-corrected chi connectivity index (χ0v) is 23.3. The Morgan fingerprint density at radius 2 is 0.762 bits per heavy atom. The van der Waals surface area contributed by atoms with E-state index >= 15 is 0 Å². The highest BCUT2D eigenvalue weighted by Crippen LogP contribution is 2.61. The molecule has 0 bridgehead atoms. The molecule has 7 aromatic carbocycles. The van der Waals surface area contributed by atoms with Crippen LogP contribution < -0.4 is 4.74 Å². The molecule has 0 atom stereocenters. The normalized spacial score (nSPS) is 11.5. The molecule has 0 N–H and O–H groups in total. The first-order chi connectivity index (χ1) is 20.8. The van der Waals surface area contributed by atoms with Gasteiger partial charge < -0.3 is 4.74 Å². The summed E-state index contributed by atoms with van der Waals surface area (Å²) in [6.07, 6.45) is 0. The van der Waals surface area contributed by atoms with Crippen LogP contribution in [0.3, 0.4) is 0 Å². The molecule has 0 saturated carbocycles. The van der Waals surface area contributed by atoms with Gasteiger partial charge in [0.15, 0.2) is 0 Å². The monoisotopic (exact) mass is 536 g/mol. The molecule has 0 amide bonds. The van der Waals surface area contributed by atoms with E-state index in [0.717, 1.165) is 5.75 Å². The van der Waals surface area contributed by atoms with E-state index in [9.17, 15) is 0 Å². The van der Waals surface area contributed by atoms with E-state index < -0.39 is 0 Å². The highest BCUT2D eigenvalue weighted by atomic mass is 16.5. The fraction of sp³-hybridized carbons (Fsp3) is 0.0244. The highest BCUT2D eigenvalue weighted by Gasteiger charge is 2.34. The van der Waals surface area contributed by atoms with Crippen molar-refractivity contribution in [1.82, 2.24) is 0 Å². The third kappa shape index (κ3) is 3.71. The van der Waals surface area contributed by atoms with Gasteiger partial charge in [-0.25, -0.2) is 0 Å². The lowest BCUT2D eigenvalue weighted by Crippen LogP contribution is -1.99. The second-order valence-electron chi connectivity index (χ2n) is 10.8. The van der Waals surface area contributed by atoms with Gasteiger partial charge in [0.2, 0.25) is 0 Å². The molecule has 198 valence electrons. The van der Waals surface area contributed by atoms with E-state index in [0.29, 0.717) is 0 Å². The fourth-order valence-corrected chi connectivity index (χ4v) is 6.79. The van der Waals surface area contributed by atoms with Crippen LogP contribution in [0.15, 0.2) is 152 Å². The summed E-state index contributed by atoms with van der Waals surface area (Å²) >= 11 is 0. The summed E-state index contributed by atoms with van der Waals surface area (Å²) in [5, 5.41) is 2.48. The van der Waals surface area contributed by atoms with Gasteiger partial charge in [-0.2, -0.15) is 0 Å². The average Bonchev–Trinajstić information content (AvgIpc) is 3.40. The van der Waals surface area contributed by atoms with Gasteiger partial charge >= 0.3 is 0 Å². The molecular formula is C41H28O. The van der Waals surface area contributed by atoms with E-state index in [2.05, 4.69) is 152 Å². The van der Waals surface area contributed by atoms with Crippen molar-refractivity contribution >= 4 is 10.8 Å². The van der Waals surface area contributed by atoms with Crippen LogP contribution in [-0.2, 0) is 0 Å². The molecule has 1 aliphatic rings. The summed E-state index contributed by atoms with van der Waals surface area (Å²) in [6.45, 7) is 0. The lowest BCUT2D eigenvalue weighted by molar-refractivity contribution is 0.415. The van der Waals surface area contributed by atoms with E-state index in [1.807, 2.05) is 0 Å². The molecule has 7 aromatic rings. The molecule has 0 fully saturated rings. The van der Waals surface area contributed by atoms with Crippen LogP contribution in [-0.4, -0.2) is 7.11 Å². The molecule has 1 aliphatic carbocycles. The minimum atomic E-state index is 0.871. The molecule has 0 saturated heterocycles. The van der Waals surface area contributed by atoms with E-state index in [1.54, 1.807) is 7.11 Å². The molecule has 0 heterocycles. The first-order valence-corrected chi connectivity index (χ1v) is 14.4. The van der Waals surface area contributed by atoms with Crippen LogP contribution in [0.2, 0.25) is 0 Å². The Morgan fingerprint density at radius 1 is 0.357 bits per heavy atom. The van der Waals surface area contributed by atoms with Gasteiger partial charge in [0, 0.05) is 0 Å². The molecule has 0 spiro atoms. The quantitative estimate of drug-likeness (QED) is 0.213. The number of benzene rings is 7. The van der Waals surface area contributed by atoms with Gasteiger partial charge in [-0.1, -0.05) is 140 Å². The van der Waals surface area contributed by atoms with Gasteiger partial charge in [-0.3, -0.25) is 0 Å². The van der Waals surface area contributed by atoms with Crippen LogP contribution in [0.25, 0.3) is 77.5 Å². The Hall–Kier alpha value is -5.40. The van der Waals surface area contributed by atoms with Crippen LogP contribution in [0.5, 0.6) is 5.75 Å². The molecule has 0 unspecified atom stereocenters. The minimum Gasteiger partial charge on any atom is -0.497 e. The van der Waals surface area contributed by atoms with Crippen molar-refractivity contribution in [3.05, 3.63) is 152 Å². The molecule has 0 radical (unpaired) electrons. The number of fused-ring (bicyclic) bond motifs is 3. The Balaban J connectivity index is 1.69. The lowest BCUT2D eigenvalue weighted by atomic mass is 9.76. The largest absolute Gasteiger partial charge is 0.497 e. The van der Waals surface area contributed by atoms with Crippen molar-refractivity contribution in [2.24, 2.45) is 0 Å². The topological polar surface area (TPSA) is 9.23 Å². The Labute approximate surface area is 246 Å².